The number of fused-ring (bicyclic) bond motifs is 2. The van der Waals surface area contributed by atoms with Crippen molar-refractivity contribution in [3.8, 4) is 6.07 Å². The molecular formula is C28H29N5O2S. The summed E-state index contributed by atoms with van der Waals surface area (Å²) >= 11 is 0. The van der Waals surface area contributed by atoms with Crippen molar-refractivity contribution >= 4 is 32.0 Å². The molecule has 0 saturated heterocycles. The first-order chi connectivity index (χ1) is 17.0. The standard InChI is InChI=1S/C28H29N5O2S/c1-18-7-6-13-27(3,16-18)36(34,35)33-14-12-21-22(10-8-19(2)25(21)33)28(4,30-5)26-31-23-11-9-20(17-29)15-24(23)32-26/h6-12,14-16,30H,13H2,1-5H3,(H,31,32). The van der Waals surface area contributed by atoms with Gasteiger partial charge in [0.2, 0.25) is 10.0 Å². The lowest BCUT2D eigenvalue weighted by Crippen LogP contribution is -2.39. The van der Waals surface area contributed by atoms with Crippen molar-refractivity contribution in [3.05, 3.63) is 88.9 Å². The molecule has 2 heterocycles. The monoisotopic (exact) mass is 499 g/mol. The first kappa shape index (κ1) is 24.0. The van der Waals surface area contributed by atoms with E-state index in [2.05, 4.69) is 16.4 Å². The van der Waals surface area contributed by atoms with E-state index in [1.807, 2.05) is 70.3 Å². The number of nitriles is 1. The highest BCUT2D eigenvalue weighted by Crippen LogP contribution is 2.38. The third kappa shape index (κ3) is 3.42. The van der Waals surface area contributed by atoms with Crippen LogP contribution in [-0.4, -0.2) is 34.2 Å². The van der Waals surface area contributed by atoms with Crippen LogP contribution in [0, 0.1) is 18.3 Å². The minimum absolute atomic E-state index is 0.420. The molecule has 1 aliphatic carbocycles. The lowest BCUT2D eigenvalue weighted by Gasteiger charge is -2.30. The maximum Gasteiger partial charge on any atom is 0.248 e. The Morgan fingerprint density at radius 3 is 2.69 bits per heavy atom. The number of nitrogens with one attached hydrogen (secondary N) is 2. The van der Waals surface area contributed by atoms with Gasteiger partial charge in [0.25, 0.3) is 0 Å². The van der Waals surface area contributed by atoms with E-state index in [0.717, 1.165) is 33.1 Å². The number of nitrogens with zero attached hydrogens (tertiary/aromatic N) is 3. The molecule has 0 bridgehead atoms. The van der Waals surface area contributed by atoms with E-state index in [1.165, 1.54) is 3.97 Å². The minimum atomic E-state index is -3.75. The summed E-state index contributed by atoms with van der Waals surface area (Å²) in [6.07, 6.45) is 7.81. The van der Waals surface area contributed by atoms with E-state index < -0.39 is 20.3 Å². The number of allylic oxidation sites excluding steroid dienone is 3. The summed E-state index contributed by atoms with van der Waals surface area (Å²) in [5.74, 6) is 0.679. The predicted octanol–water partition coefficient (Wildman–Crippen LogP) is 5.02. The Hall–Kier alpha value is -3.67. The molecule has 0 amide bonds. The quantitative estimate of drug-likeness (QED) is 0.401. The van der Waals surface area contributed by atoms with Gasteiger partial charge in [0, 0.05) is 11.6 Å². The van der Waals surface area contributed by atoms with Crippen LogP contribution in [0.3, 0.4) is 0 Å². The second-order valence-corrected chi connectivity index (χ2v) is 12.2. The maximum atomic E-state index is 14.0. The van der Waals surface area contributed by atoms with Crippen molar-refractivity contribution in [1.29, 1.82) is 5.26 Å². The SMILES string of the molecule is CNC(C)(c1nc2ccc(C#N)cc2[nH]1)c1ccc(C)c2c1ccn2S(=O)(=O)C1(C)C=C(C)C=CC1. The fraction of sp³-hybridized carbons (Fsp3) is 0.286. The zero-order valence-corrected chi connectivity index (χ0v) is 21.9. The fourth-order valence-electron chi connectivity index (χ4n) is 5.20. The van der Waals surface area contributed by atoms with E-state index in [9.17, 15) is 13.7 Å². The average molecular weight is 500 g/mol. The molecule has 0 spiro atoms. The third-order valence-corrected chi connectivity index (χ3v) is 9.71. The van der Waals surface area contributed by atoms with E-state index in [-0.39, 0.29) is 0 Å². The van der Waals surface area contributed by atoms with Crippen molar-refractivity contribution in [3.63, 3.8) is 0 Å². The highest BCUT2D eigenvalue weighted by molar-refractivity contribution is 7.91. The molecule has 2 N–H and O–H groups in total. The summed E-state index contributed by atoms with van der Waals surface area (Å²) in [6.45, 7) is 7.66. The van der Waals surface area contributed by atoms with Crippen molar-refractivity contribution < 1.29 is 8.42 Å². The zero-order valence-electron chi connectivity index (χ0n) is 21.0. The number of aromatic amines is 1. The minimum Gasteiger partial charge on any atom is -0.340 e. The average Bonchev–Trinajstić information content (AvgIpc) is 3.49. The summed E-state index contributed by atoms with van der Waals surface area (Å²) in [6, 6.07) is 13.4. The molecule has 36 heavy (non-hydrogen) atoms. The molecule has 4 aromatic rings. The Labute approximate surface area is 211 Å². The van der Waals surface area contributed by atoms with E-state index >= 15 is 0 Å². The summed E-state index contributed by atoms with van der Waals surface area (Å²) < 4.78 is 28.4. The van der Waals surface area contributed by atoms with Gasteiger partial charge in [-0.1, -0.05) is 35.9 Å². The number of H-pyrrole nitrogens is 1. The summed E-state index contributed by atoms with van der Waals surface area (Å²) in [7, 11) is -1.89. The number of benzene rings is 2. The van der Waals surface area contributed by atoms with E-state index in [1.54, 1.807) is 25.3 Å². The fourth-order valence-corrected chi connectivity index (χ4v) is 6.99. The Morgan fingerprint density at radius 1 is 1.22 bits per heavy atom. The van der Waals surface area contributed by atoms with Crippen LogP contribution < -0.4 is 5.32 Å². The molecular weight excluding hydrogens is 470 g/mol. The van der Waals surface area contributed by atoms with Crippen molar-refractivity contribution in [2.24, 2.45) is 0 Å². The second kappa shape index (κ2) is 8.19. The van der Waals surface area contributed by atoms with Crippen LogP contribution in [0.5, 0.6) is 0 Å². The number of rotatable bonds is 5. The Balaban J connectivity index is 1.71. The molecule has 7 nitrogen and oxygen atoms in total. The highest BCUT2D eigenvalue weighted by Gasteiger charge is 2.40. The molecule has 2 atom stereocenters. The van der Waals surface area contributed by atoms with Crippen LogP contribution in [0.25, 0.3) is 21.9 Å². The molecule has 0 radical (unpaired) electrons. The molecule has 0 saturated carbocycles. The largest absolute Gasteiger partial charge is 0.340 e. The first-order valence-corrected chi connectivity index (χ1v) is 13.3. The lowest BCUT2D eigenvalue weighted by atomic mass is 9.88. The zero-order chi connectivity index (χ0) is 25.9. The van der Waals surface area contributed by atoms with Crippen LogP contribution in [0.4, 0.5) is 0 Å². The van der Waals surface area contributed by atoms with Gasteiger partial charge in [0.15, 0.2) is 0 Å². The Morgan fingerprint density at radius 2 is 2.00 bits per heavy atom. The smallest absolute Gasteiger partial charge is 0.248 e. The van der Waals surface area contributed by atoms with E-state index in [0.29, 0.717) is 23.3 Å². The normalized spacial score (nSPS) is 19.8. The molecule has 1 aliphatic rings. The van der Waals surface area contributed by atoms with Crippen LogP contribution in [0.1, 0.15) is 49.7 Å². The molecule has 0 aliphatic heterocycles. The van der Waals surface area contributed by atoms with Gasteiger partial charge in [0.05, 0.1) is 33.7 Å². The summed E-state index contributed by atoms with van der Waals surface area (Å²) in [5, 5.41) is 13.5. The van der Waals surface area contributed by atoms with Crippen LogP contribution in [0.15, 0.2) is 66.4 Å². The van der Waals surface area contributed by atoms with Gasteiger partial charge in [-0.15, -0.1) is 0 Å². The van der Waals surface area contributed by atoms with Gasteiger partial charge in [0.1, 0.15) is 10.6 Å². The van der Waals surface area contributed by atoms with Crippen LogP contribution in [-0.2, 0) is 15.6 Å². The number of imidazole rings is 1. The highest BCUT2D eigenvalue weighted by atomic mass is 32.2. The molecule has 2 aromatic heterocycles. The second-order valence-electron chi connectivity index (χ2n) is 9.92. The van der Waals surface area contributed by atoms with Crippen molar-refractivity contribution in [1.82, 2.24) is 19.3 Å². The van der Waals surface area contributed by atoms with Gasteiger partial charge < -0.3 is 10.3 Å². The molecule has 0 fully saturated rings. The van der Waals surface area contributed by atoms with E-state index in [4.69, 9.17) is 4.98 Å². The summed E-state index contributed by atoms with van der Waals surface area (Å²) in [5.41, 5.74) is 4.72. The van der Waals surface area contributed by atoms with Gasteiger partial charge >= 0.3 is 0 Å². The van der Waals surface area contributed by atoms with Crippen molar-refractivity contribution in [2.45, 2.75) is 44.4 Å². The van der Waals surface area contributed by atoms with Gasteiger partial charge in [-0.3, -0.25) is 0 Å². The summed E-state index contributed by atoms with van der Waals surface area (Å²) in [4.78, 5) is 8.19. The topological polar surface area (TPSA) is 104 Å². The third-order valence-electron chi connectivity index (χ3n) is 7.42. The Bertz CT molecular complexity index is 1730. The maximum absolute atomic E-state index is 14.0. The number of hydrogen-bond acceptors (Lipinski definition) is 5. The molecule has 5 rings (SSSR count). The van der Waals surface area contributed by atoms with Gasteiger partial charge in [-0.05, 0) is 76.6 Å². The molecule has 2 unspecified atom stereocenters. The van der Waals surface area contributed by atoms with Gasteiger partial charge in [-0.25, -0.2) is 17.4 Å². The lowest BCUT2D eigenvalue weighted by molar-refractivity contribution is 0.464. The molecule has 8 heteroatoms. The Kier molecular flexibility index (Phi) is 5.47. The molecule has 184 valence electrons. The molecule has 2 aromatic carbocycles. The van der Waals surface area contributed by atoms with Gasteiger partial charge in [-0.2, -0.15) is 5.26 Å². The van der Waals surface area contributed by atoms with Crippen LogP contribution in [0.2, 0.25) is 0 Å². The number of aryl methyl sites for hydroxylation is 1. The number of aromatic nitrogens is 3. The first-order valence-electron chi connectivity index (χ1n) is 11.9. The number of hydrogen-bond donors (Lipinski definition) is 2. The predicted molar refractivity (Wildman–Crippen MR) is 143 cm³/mol. The van der Waals surface area contributed by atoms with Crippen LogP contribution >= 0.6 is 0 Å². The van der Waals surface area contributed by atoms with Crippen molar-refractivity contribution in [2.75, 3.05) is 7.05 Å².